The van der Waals surface area contributed by atoms with E-state index < -0.39 is 12.0 Å². The minimum absolute atomic E-state index is 0.0452. The first-order chi connectivity index (χ1) is 14.5. The zero-order valence-electron chi connectivity index (χ0n) is 15.6. The van der Waals surface area contributed by atoms with Crippen LogP contribution in [0.3, 0.4) is 0 Å². The molecule has 0 radical (unpaired) electrons. The number of benzene rings is 1. The van der Waals surface area contributed by atoms with Gasteiger partial charge in [0.25, 0.3) is 0 Å². The van der Waals surface area contributed by atoms with Gasteiger partial charge in [-0.1, -0.05) is 18.2 Å². The number of rotatable bonds is 4. The normalized spacial score (nSPS) is 12.7. The molecule has 0 atom stereocenters. The molecule has 0 saturated heterocycles. The minimum atomic E-state index is -1.12. The number of pyridine rings is 2. The molecular weight excluding hydrogens is 404 g/mol. The molecule has 148 valence electrons. The lowest BCUT2D eigenvalue weighted by molar-refractivity contribution is 0.0703. The summed E-state index contributed by atoms with van der Waals surface area (Å²) in [7, 11) is 0. The van der Waals surface area contributed by atoms with Gasteiger partial charge in [0.15, 0.2) is 0 Å². The Labute approximate surface area is 174 Å². The number of aromatic carboxylic acids is 1. The number of thiophene rings is 1. The molecule has 0 fully saturated rings. The number of carbonyl (C=O) groups excluding carboxylic acids is 1. The van der Waals surface area contributed by atoms with Crippen molar-refractivity contribution < 1.29 is 19.4 Å². The molecule has 4 heterocycles. The van der Waals surface area contributed by atoms with Crippen molar-refractivity contribution >= 4 is 50.6 Å². The molecule has 0 spiro atoms. The van der Waals surface area contributed by atoms with Crippen LogP contribution in [0.15, 0.2) is 54.7 Å². The van der Waals surface area contributed by atoms with E-state index >= 15 is 0 Å². The number of urea groups is 1. The molecule has 2 N–H and O–H groups in total. The van der Waals surface area contributed by atoms with Gasteiger partial charge in [-0.15, -0.1) is 11.3 Å². The largest absolute Gasteiger partial charge is 0.477 e. The lowest BCUT2D eigenvalue weighted by Gasteiger charge is -2.28. The summed E-state index contributed by atoms with van der Waals surface area (Å²) in [5, 5.41) is 13.1. The van der Waals surface area contributed by atoms with Crippen LogP contribution in [0, 0.1) is 6.92 Å². The number of hydrogen-bond acceptors (Lipinski definition) is 6. The van der Waals surface area contributed by atoms with Gasteiger partial charge >= 0.3 is 12.0 Å². The molecule has 9 heteroatoms. The second kappa shape index (κ2) is 6.82. The Morgan fingerprint density at radius 2 is 1.97 bits per heavy atom. The number of carboxylic acids is 1. The monoisotopic (exact) mass is 418 g/mol. The van der Waals surface area contributed by atoms with Crippen molar-refractivity contribution in [1.82, 2.24) is 9.97 Å². The van der Waals surface area contributed by atoms with Gasteiger partial charge in [0.1, 0.15) is 15.5 Å². The second-order valence-corrected chi connectivity index (χ2v) is 7.56. The fourth-order valence-corrected chi connectivity index (χ4v) is 4.40. The van der Waals surface area contributed by atoms with Crippen LogP contribution >= 0.6 is 11.3 Å². The summed E-state index contributed by atoms with van der Waals surface area (Å²) in [6.07, 6.45) is 1.54. The van der Waals surface area contributed by atoms with Gasteiger partial charge in [-0.05, 0) is 31.2 Å². The zero-order valence-corrected chi connectivity index (χ0v) is 16.4. The Balaban J connectivity index is 1.62. The van der Waals surface area contributed by atoms with E-state index in [1.807, 2.05) is 30.3 Å². The average molecular weight is 418 g/mol. The maximum absolute atomic E-state index is 12.9. The van der Waals surface area contributed by atoms with Crippen LogP contribution in [0.2, 0.25) is 0 Å². The van der Waals surface area contributed by atoms with E-state index in [0.29, 0.717) is 44.6 Å². The molecule has 5 rings (SSSR count). The first-order valence-electron chi connectivity index (χ1n) is 8.99. The number of aryl methyl sites for hydroxylation is 1. The molecule has 0 unspecified atom stereocenters. The van der Waals surface area contributed by atoms with E-state index in [-0.39, 0.29) is 4.88 Å². The smallest absolute Gasteiger partial charge is 0.348 e. The number of hydrogen-bond donors (Lipinski definition) is 2. The number of carboxylic acid groups (broad SMARTS) is 1. The molecule has 0 bridgehead atoms. The van der Waals surface area contributed by atoms with Gasteiger partial charge in [-0.2, -0.15) is 0 Å². The summed E-state index contributed by atoms with van der Waals surface area (Å²) in [4.78, 5) is 35.5. The van der Waals surface area contributed by atoms with Crippen molar-refractivity contribution in [1.29, 1.82) is 0 Å². The number of carbonyl (C=O) groups is 2. The first-order valence-corrected chi connectivity index (χ1v) is 9.81. The van der Waals surface area contributed by atoms with E-state index in [2.05, 4.69) is 15.3 Å². The maximum atomic E-state index is 12.9. The summed E-state index contributed by atoms with van der Waals surface area (Å²) in [5.41, 5.74) is 1.82. The molecule has 0 aliphatic carbocycles. The molecule has 2 amide bonds. The van der Waals surface area contributed by atoms with E-state index in [4.69, 9.17) is 4.74 Å². The van der Waals surface area contributed by atoms with Crippen molar-refractivity contribution in [3.63, 3.8) is 0 Å². The van der Waals surface area contributed by atoms with Crippen LogP contribution in [0.5, 0.6) is 11.6 Å². The number of amides is 2. The van der Waals surface area contributed by atoms with E-state index in [9.17, 15) is 14.7 Å². The minimum Gasteiger partial charge on any atom is -0.477 e. The average Bonchev–Trinajstić information content (AvgIpc) is 3.11. The first kappa shape index (κ1) is 18.1. The molecule has 30 heavy (non-hydrogen) atoms. The quantitative estimate of drug-likeness (QED) is 0.473. The third kappa shape index (κ3) is 2.83. The highest BCUT2D eigenvalue weighted by Crippen LogP contribution is 2.47. The fraction of sp³-hybridized carbons (Fsp3) is 0.0476. The van der Waals surface area contributed by atoms with Gasteiger partial charge in [0, 0.05) is 12.3 Å². The zero-order chi connectivity index (χ0) is 20.8. The third-order valence-corrected chi connectivity index (χ3v) is 5.74. The Morgan fingerprint density at radius 3 is 2.70 bits per heavy atom. The Hall–Kier alpha value is -3.98. The van der Waals surface area contributed by atoms with Crippen molar-refractivity contribution in [3.8, 4) is 11.6 Å². The summed E-state index contributed by atoms with van der Waals surface area (Å²) in [5.74, 6) is -0.107. The predicted octanol–water partition coefficient (Wildman–Crippen LogP) is 5.17. The highest BCUT2D eigenvalue weighted by atomic mass is 32.1. The van der Waals surface area contributed by atoms with Crippen molar-refractivity contribution in [3.05, 3.63) is 65.3 Å². The molecule has 1 aliphatic rings. The van der Waals surface area contributed by atoms with Gasteiger partial charge in [-0.3, -0.25) is 4.90 Å². The topological polar surface area (TPSA) is 105 Å². The van der Waals surface area contributed by atoms with E-state index in [0.717, 1.165) is 11.3 Å². The number of nitrogens with one attached hydrogen (secondary N) is 1. The number of ether oxygens (including phenoxy) is 1. The molecule has 3 aromatic heterocycles. The van der Waals surface area contributed by atoms with Crippen LogP contribution in [0.25, 0.3) is 10.2 Å². The number of anilines is 3. The van der Waals surface area contributed by atoms with Crippen molar-refractivity contribution in [2.75, 3.05) is 10.2 Å². The van der Waals surface area contributed by atoms with Crippen LogP contribution in [0.4, 0.5) is 21.9 Å². The predicted molar refractivity (Wildman–Crippen MR) is 113 cm³/mol. The van der Waals surface area contributed by atoms with E-state index in [1.54, 1.807) is 31.3 Å². The molecule has 4 aromatic rings. The summed E-state index contributed by atoms with van der Waals surface area (Å²) in [6, 6.07) is 13.8. The lowest BCUT2D eigenvalue weighted by atomic mass is 10.1. The van der Waals surface area contributed by atoms with Crippen LogP contribution in [-0.2, 0) is 0 Å². The summed E-state index contributed by atoms with van der Waals surface area (Å²) in [6.45, 7) is 1.74. The highest BCUT2D eigenvalue weighted by Gasteiger charge is 2.35. The molecule has 1 aliphatic heterocycles. The van der Waals surface area contributed by atoms with Gasteiger partial charge in [-0.25, -0.2) is 19.6 Å². The molecule has 8 nitrogen and oxygen atoms in total. The SMILES string of the molecule is Cc1nc(Oc2ccccc2)ccc1N1C(=O)Nc2ccnc3sc(C(=O)O)c1c23. The van der Waals surface area contributed by atoms with Crippen molar-refractivity contribution in [2.24, 2.45) is 0 Å². The molecule has 0 saturated carbocycles. The second-order valence-electron chi connectivity index (χ2n) is 6.56. The van der Waals surface area contributed by atoms with Crippen LogP contribution in [0.1, 0.15) is 15.4 Å². The van der Waals surface area contributed by atoms with Crippen LogP contribution in [-0.4, -0.2) is 27.1 Å². The lowest BCUT2D eigenvalue weighted by Crippen LogP contribution is -2.35. The number of nitrogens with zero attached hydrogens (tertiary/aromatic N) is 3. The van der Waals surface area contributed by atoms with Crippen LogP contribution < -0.4 is 15.0 Å². The number of para-hydroxylation sites is 1. The highest BCUT2D eigenvalue weighted by molar-refractivity contribution is 7.21. The molecular formula is C21H14N4O4S. The fourth-order valence-electron chi connectivity index (χ4n) is 3.41. The Morgan fingerprint density at radius 1 is 1.17 bits per heavy atom. The third-order valence-electron chi connectivity index (χ3n) is 4.67. The summed E-state index contributed by atoms with van der Waals surface area (Å²) < 4.78 is 5.76. The number of aromatic nitrogens is 2. The standard InChI is InChI=1S/C21H14N4O4S/c1-11-14(7-8-15(23-11)29-12-5-3-2-4-6-12)25-17-16-13(24-21(25)28)9-10-22-19(16)30-18(17)20(26)27/h2-10H,1H3,(H,24,28)(H,26,27). The van der Waals surface area contributed by atoms with Gasteiger partial charge < -0.3 is 15.2 Å². The van der Waals surface area contributed by atoms with Gasteiger partial charge in [0.05, 0.1) is 28.1 Å². The molecule has 1 aromatic carbocycles. The van der Waals surface area contributed by atoms with Gasteiger partial charge in [0.2, 0.25) is 5.88 Å². The Kier molecular flexibility index (Phi) is 4.11. The Bertz CT molecular complexity index is 1320. The summed E-state index contributed by atoms with van der Waals surface area (Å²) >= 11 is 1.03. The van der Waals surface area contributed by atoms with Crippen molar-refractivity contribution in [2.45, 2.75) is 6.92 Å². The maximum Gasteiger partial charge on any atom is 0.348 e. The van der Waals surface area contributed by atoms with E-state index in [1.165, 1.54) is 4.90 Å².